The van der Waals surface area contributed by atoms with Crippen molar-refractivity contribution in [3.05, 3.63) is 52.6 Å². The van der Waals surface area contributed by atoms with E-state index < -0.39 is 23.7 Å². The quantitative estimate of drug-likeness (QED) is 0.475. The second-order valence-corrected chi connectivity index (χ2v) is 7.94. The van der Waals surface area contributed by atoms with Crippen molar-refractivity contribution in [3.63, 3.8) is 0 Å². The molecule has 0 aliphatic carbocycles. The van der Waals surface area contributed by atoms with Crippen molar-refractivity contribution >= 4 is 23.5 Å². The lowest BCUT2D eigenvalue weighted by molar-refractivity contribution is -0.124. The number of hydrazine groups is 1. The fraction of sp³-hybridized carbons (Fsp3) is 0.286. The summed E-state index contributed by atoms with van der Waals surface area (Å²) in [6.45, 7) is 6.39. The van der Waals surface area contributed by atoms with Crippen LogP contribution in [0.1, 0.15) is 38.4 Å². The van der Waals surface area contributed by atoms with Gasteiger partial charge in [-0.3, -0.25) is 15.2 Å². The van der Waals surface area contributed by atoms with E-state index in [2.05, 4.69) is 31.3 Å². The van der Waals surface area contributed by atoms with Crippen LogP contribution in [-0.2, 0) is 4.79 Å². The Kier molecular flexibility index (Phi) is 7.22. The Labute approximate surface area is 192 Å². The Balaban J connectivity index is 1.85. The van der Waals surface area contributed by atoms with E-state index in [4.69, 9.17) is 16.1 Å². The standard InChI is InChI=1S/C21H21ClF2N6O3/c1-9(2)20(31)28-29-21(32)26-10(3)18-16(24)5-12(8-25-18)14-6-13(22)7-15(23)17(14)19-27-11(4)33-30-19/h5-10H,1-4H3,(H,28,31)(H2,26,29,32). The van der Waals surface area contributed by atoms with Gasteiger partial charge >= 0.3 is 6.03 Å². The van der Waals surface area contributed by atoms with E-state index in [-0.39, 0.29) is 50.9 Å². The molecule has 0 spiro atoms. The van der Waals surface area contributed by atoms with Gasteiger partial charge < -0.3 is 9.84 Å². The maximum absolute atomic E-state index is 14.9. The summed E-state index contributed by atoms with van der Waals surface area (Å²) in [4.78, 5) is 31.6. The number of carbonyl (C=O) groups excluding carboxylic acids is 2. The van der Waals surface area contributed by atoms with Gasteiger partial charge in [0.15, 0.2) is 0 Å². The zero-order chi connectivity index (χ0) is 24.3. The SMILES string of the molecule is Cc1nc(-c2c(F)cc(Cl)cc2-c2cnc(C(C)NC(=O)NNC(=O)C(C)C)c(F)c2)no1. The van der Waals surface area contributed by atoms with Crippen molar-refractivity contribution in [1.29, 1.82) is 0 Å². The summed E-state index contributed by atoms with van der Waals surface area (Å²) in [5.74, 6) is -1.95. The average Bonchev–Trinajstić information content (AvgIpc) is 3.16. The minimum absolute atomic E-state index is 0.0170. The van der Waals surface area contributed by atoms with Gasteiger partial charge in [-0.05, 0) is 30.7 Å². The van der Waals surface area contributed by atoms with Gasteiger partial charge in [0.25, 0.3) is 0 Å². The summed E-state index contributed by atoms with van der Waals surface area (Å²) in [5.41, 5.74) is 4.77. The molecule has 0 aliphatic rings. The molecule has 1 atom stereocenters. The van der Waals surface area contributed by atoms with E-state index in [9.17, 15) is 18.4 Å². The largest absolute Gasteiger partial charge is 0.339 e. The van der Waals surface area contributed by atoms with Crippen LogP contribution in [0.3, 0.4) is 0 Å². The number of hydrogen-bond donors (Lipinski definition) is 3. The Morgan fingerprint density at radius 1 is 1.09 bits per heavy atom. The molecule has 33 heavy (non-hydrogen) atoms. The molecule has 0 aliphatic heterocycles. The van der Waals surface area contributed by atoms with Crippen molar-refractivity contribution < 1.29 is 22.9 Å². The van der Waals surface area contributed by atoms with E-state index in [1.807, 2.05) is 0 Å². The number of carbonyl (C=O) groups is 2. The van der Waals surface area contributed by atoms with Crippen LogP contribution >= 0.6 is 11.6 Å². The highest BCUT2D eigenvalue weighted by atomic mass is 35.5. The Morgan fingerprint density at radius 3 is 2.42 bits per heavy atom. The first kappa shape index (κ1) is 24.1. The summed E-state index contributed by atoms with van der Waals surface area (Å²) in [6.07, 6.45) is 1.32. The van der Waals surface area contributed by atoms with Crippen molar-refractivity contribution in [2.75, 3.05) is 0 Å². The van der Waals surface area contributed by atoms with Gasteiger partial charge in [0.05, 0.1) is 17.3 Å². The molecular formula is C21H21ClF2N6O3. The molecule has 0 bridgehead atoms. The van der Waals surface area contributed by atoms with Crippen LogP contribution in [-0.4, -0.2) is 27.1 Å². The average molecular weight is 479 g/mol. The van der Waals surface area contributed by atoms with Crippen LogP contribution in [0.25, 0.3) is 22.5 Å². The number of nitrogens with one attached hydrogen (secondary N) is 3. The number of halogens is 3. The molecule has 3 N–H and O–H groups in total. The van der Waals surface area contributed by atoms with Crippen molar-refractivity contribution in [2.45, 2.75) is 33.7 Å². The van der Waals surface area contributed by atoms with Crippen molar-refractivity contribution in [3.8, 4) is 22.5 Å². The fourth-order valence-corrected chi connectivity index (χ4v) is 3.11. The number of nitrogens with zero attached hydrogens (tertiary/aromatic N) is 3. The Bertz CT molecular complexity index is 1200. The van der Waals surface area contributed by atoms with E-state index in [1.165, 1.54) is 19.2 Å². The second-order valence-electron chi connectivity index (χ2n) is 7.50. The molecule has 174 valence electrons. The molecule has 3 rings (SSSR count). The molecule has 0 fully saturated rings. The van der Waals surface area contributed by atoms with Crippen molar-refractivity contribution in [1.82, 2.24) is 31.3 Å². The van der Waals surface area contributed by atoms with E-state index in [1.54, 1.807) is 20.8 Å². The third-order valence-electron chi connectivity index (χ3n) is 4.57. The van der Waals surface area contributed by atoms with Crippen LogP contribution in [0.5, 0.6) is 0 Å². The topological polar surface area (TPSA) is 122 Å². The molecule has 1 aromatic carbocycles. The highest BCUT2D eigenvalue weighted by Crippen LogP contribution is 2.36. The van der Waals surface area contributed by atoms with Crippen LogP contribution in [0.15, 0.2) is 28.9 Å². The number of urea groups is 1. The fourth-order valence-electron chi connectivity index (χ4n) is 2.91. The maximum atomic E-state index is 14.9. The molecule has 1 unspecified atom stereocenters. The van der Waals surface area contributed by atoms with Gasteiger partial charge in [0.1, 0.15) is 11.6 Å². The molecule has 2 aromatic heterocycles. The number of aromatic nitrogens is 3. The molecule has 2 heterocycles. The van der Waals surface area contributed by atoms with Gasteiger partial charge in [0, 0.05) is 29.6 Å². The summed E-state index contributed by atoms with van der Waals surface area (Å²) in [7, 11) is 0. The van der Waals surface area contributed by atoms with Crippen LogP contribution < -0.4 is 16.2 Å². The number of pyridine rings is 1. The normalized spacial score (nSPS) is 11.9. The van der Waals surface area contributed by atoms with Gasteiger partial charge in [-0.25, -0.2) is 19.0 Å². The molecule has 0 radical (unpaired) electrons. The highest BCUT2D eigenvalue weighted by Gasteiger charge is 2.22. The number of benzene rings is 1. The molecule has 0 saturated heterocycles. The summed E-state index contributed by atoms with van der Waals surface area (Å²) in [6, 6.07) is 2.08. The van der Waals surface area contributed by atoms with Crippen LogP contribution in [0.4, 0.5) is 13.6 Å². The molecule has 3 aromatic rings. The lowest BCUT2D eigenvalue weighted by Gasteiger charge is -2.17. The zero-order valence-corrected chi connectivity index (χ0v) is 18.9. The minimum Gasteiger partial charge on any atom is -0.339 e. The minimum atomic E-state index is -0.842. The highest BCUT2D eigenvalue weighted by molar-refractivity contribution is 6.31. The number of amides is 3. The van der Waals surface area contributed by atoms with Gasteiger partial charge in [-0.2, -0.15) is 4.98 Å². The van der Waals surface area contributed by atoms with E-state index in [0.717, 1.165) is 12.1 Å². The zero-order valence-electron chi connectivity index (χ0n) is 18.2. The molecular weight excluding hydrogens is 458 g/mol. The van der Waals surface area contributed by atoms with Crippen molar-refractivity contribution in [2.24, 2.45) is 5.92 Å². The van der Waals surface area contributed by atoms with E-state index >= 15 is 0 Å². The Morgan fingerprint density at radius 2 is 1.82 bits per heavy atom. The first-order valence-corrected chi connectivity index (χ1v) is 10.3. The molecule has 3 amide bonds. The van der Waals surface area contributed by atoms with Crippen LogP contribution in [0, 0.1) is 24.5 Å². The third-order valence-corrected chi connectivity index (χ3v) is 4.79. The lowest BCUT2D eigenvalue weighted by Crippen LogP contribution is -2.48. The summed E-state index contributed by atoms with van der Waals surface area (Å²) < 4.78 is 34.6. The predicted octanol–water partition coefficient (Wildman–Crippen LogP) is 4.09. The summed E-state index contributed by atoms with van der Waals surface area (Å²) >= 11 is 6.01. The molecule has 9 nitrogen and oxygen atoms in total. The first-order valence-electron chi connectivity index (χ1n) is 9.88. The van der Waals surface area contributed by atoms with Gasteiger partial charge in [-0.15, -0.1) is 0 Å². The second kappa shape index (κ2) is 9.90. The monoisotopic (exact) mass is 478 g/mol. The Hall–Kier alpha value is -3.60. The number of hydrogen-bond acceptors (Lipinski definition) is 6. The summed E-state index contributed by atoms with van der Waals surface area (Å²) in [5, 5.41) is 6.29. The first-order chi connectivity index (χ1) is 15.6. The van der Waals surface area contributed by atoms with E-state index in [0.29, 0.717) is 0 Å². The number of aryl methyl sites for hydroxylation is 1. The lowest BCUT2D eigenvalue weighted by atomic mass is 9.99. The van der Waals surface area contributed by atoms with Gasteiger partial charge in [-0.1, -0.05) is 30.6 Å². The van der Waals surface area contributed by atoms with Gasteiger partial charge in [0.2, 0.25) is 17.6 Å². The number of rotatable bonds is 5. The molecule has 12 heteroatoms. The third kappa shape index (κ3) is 5.61. The molecule has 0 saturated carbocycles. The maximum Gasteiger partial charge on any atom is 0.334 e. The smallest absolute Gasteiger partial charge is 0.334 e. The predicted molar refractivity (Wildman–Crippen MR) is 116 cm³/mol. The van der Waals surface area contributed by atoms with Crippen LogP contribution in [0.2, 0.25) is 5.02 Å².